The second-order valence-electron chi connectivity index (χ2n) is 9.13. The van der Waals surface area contributed by atoms with E-state index in [1.165, 1.54) is 16.3 Å². The highest BCUT2D eigenvalue weighted by molar-refractivity contribution is 6.21. The highest BCUT2D eigenvalue weighted by atomic mass is 14.7. The van der Waals surface area contributed by atoms with Crippen molar-refractivity contribution in [3.05, 3.63) is 127 Å². The summed E-state index contributed by atoms with van der Waals surface area (Å²) in [7, 11) is 0. The minimum Gasteiger partial charge on any atom is -0.246 e. The van der Waals surface area contributed by atoms with Gasteiger partial charge in [0.25, 0.3) is 0 Å². The molecule has 0 amide bonds. The third kappa shape index (κ3) is 3.15. The van der Waals surface area contributed by atoms with Crippen LogP contribution in [0.5, 0.6) is 0 Å². The molecule has 36 heavy (non-hydrogen) atoms. The lowest BCUT2D eigenvalue weighted by Crippen LogP contribution is -1.92. The van der Waals surface area contributed by atoms with Gasteiger partial charge in [0.1, 0.15) is 0 Å². The van der Waals surface area contributed by atoms with Crippen LogP contribution in [0.4, 0.5) is 0 Å². The van der Waals surface area contributed by atoms with Gasteiger partial charge in [-0.1, -0.05) is 103 Å². The molecule has 2 nitrogen and oxygen atoms in total. The van der Waals surface area contributed by atoms with Crippen molar-refractivity contribution >= 4 is 43.4 Å². The largest absolute Gasteiger partial charge is 0.246 e. The number of nitriles is 1. The molecule has 0 radical (unpaired) electrons. The molecule has 0 saturated carbocycles. The summed E-state index contributed by atoms with van der Waals surface area (Å²) in [5.74, 6) is 0. The molecule has 0 atom stereocenters. The summed E-state index contributed by atoms with van der Waals surface area (Å²) in [6, 6.07) is 44.4. The molecule has 0 spiro atoms. The van der Waals surface area contributed by atoms with Crippen LogP contribution in [-0.2, 0) is 0 Å². The maximum absolute atomic E-state index is 9.39. The van der Waals surface area contributed by atoms with Gasteiger partial charge in [-0.2, -0.15) is 5.26 Å². The number of aromatic nitrogens is 1. The van der Waals surface area contributed by atoms with Crippen LogP contribution in [0.2, 0.25) is 0 Å². The van der Waals surface area contributed by atoms with Gasteiger partial charge in [0.15, 0.2) is 0 Å². The summed E-state index contributed by atoms with van der Waals surface area (Å²) in [5, 5.41) is 16.4. The van der Waals surface area contributed by atoms with E-state index in [1.807, 2.05) is 18.2 Å². The molecule has 0 fully saturated rings. The second-order valence-corrected chi connectivity index (χ2v) is 9.13. The topological polar surface area (TPSA) is 36.7 Å². The number of rotatable bonds is 2. The Labute approximate surface area is 208 Å². The molecule has 0 aliphatic rings. The smallest absolute Gasteiger partial charge is 0.0991 e. The van der Waals surface area contributed by atoms with Crippen molar-refractivity contribution in [3.8, 4) is 28.3 Å². The minimum atomic E-state index is 0.663. The molecule has 166 valence electrons. The van der Waals surface area contributed by atoms with Crippen LogP contribution in [0.15, 0.2) is 121 Å². The molecule has 0 unspecified atom stereocenters. The molecule has 0 bridgehead atoms. The second kappa shape index (κ2) is 8.05. The van der Waals surface area contributed by atoms with Crippen molar-refractivity contribution < 1.29 is 0 Å². The van der Waals surface area contributed by atoms with Crippen molar-refractivity contribution in [3.63, 3.8) is 0 Å². The predicted molar refractivity (Wildman–Crippen MR) is 150 cm³/mol. The molecule has 0 aliphatic heterocycles. The van der Waals surface area contributed by atoms with E-state index in [-0.39, 0.29) is 0 Å². The van der Waals surface area contributed by atoms with Crippen LogP contribution < -0.4 is 0 Å². The van der Waals surface area contributed by atoms with Gasteiger partial charge in [-0.15, -0.1) is 0 Å². The van der Waals surface area contributed by atoms with Crippen LogP contribution >= 0.6 is 0 Å². The summed E-state index contributed by atoms with van der Waals surface area (Å²) in [5.41, 5.74) is 7.14. The molecule has 1 heterocycles. The standard InChI is InChI=1S/C34H20N2/c35-21-22-7-5-10-25(19-22)26-11-6-12-27(20-26)32-30-17-15-23-8-1-3-13-28(23)33(30)36-34-29-14-4-2-9-24(29)16-18-31(32)34/h1-20H. The summed E-state index contributed by atoms with van der Waals surface area (Å²) in [6.45, 7) is 0. The molecule has 2 heteroatoms. The Kier molecular flexibility index (Phi) is 4.55. The zero-order chi connectivity index (χ0) is 24.1. The molecular formula is C34H20N2. The van der Waals surface area contributed by atoms with E-state index in [0.717, 1.165) is 49.3 Å². The first kappa shape index (κ1) is 20.4. The van der Waals surface area contributed by atoms with Gasteiger partial charge < -0.3 is 0 Å². The van der Waals surface area contributed by atoms with Crippen molar-refractivity contribution in [2.45, 2.75) is 0 Å². The van der Waals surface area contributed by atoms with E-state index in [9.17, 15) is 5.26 Å². The fourth-order valence-electron chi connectivity index (χ4n) is 5.35. The maximum Gasteiger partial charge on any atom is 0.0991 e. The van der Waals surface area contributed by atoms with Crippen molar-refractivity contribution in [2.75, 3.05) is 0 Å². The zero-order valence-corrected chi connectivity index (χ0v) is 19.4. The molecule has 7 rings (SSSR count). The third-order valence-corrected chi connectivity index (χ3v) is 7.04. The van der Waals surface area contributed by atoms with E-state index in [0.29, 0.717) is 5.56 Å². The average Bonchev–Trinajstić information content (AvgIpc) is 2.96. The van der Waals surface area contributed by atoms with Crippen LogP contribution in [-0.4, -0.2) is 4.98 Å². The Morgan fingerprint density at radius 3 is 1.67 bits per heavy atom. The van der Waals surface area contributed by atoms with Gasteiger partial charge in [-0.05, 0) is 45.7 Å². The van der Waals surface area contributed by atoms with Gasteiger partial charge in [-0.3, -0.25) is 0 Å². The fourth-order valence-corrected chi connectivity index (χ4v) is 5.35. The Morgan fingerprint density at radius 1 is 0.472 bits per heavy atom. The van der Waals surface area contributed by atoms with Gasteiger partial charge >= 0.3 is 0 Å². The predicted octanol–water partition coefficient (Wildman–Crippen LogP) is 8.90. The van der Waals surface area contributed by atoms with E-state index >= 15 is 0 Å². The lowest BCUT2D eigenvalue weighted by molar-refractivity contribution is 1.48. The lowest BCUT2D eigenvalue weighted by atomic mass is 9.91. The van der Waals surface area contributed by atoms with Crippen LogP contribution in [0.3, 0.4) is 0 Å². The summed E-state index contributed by atoms with van der Waals surface area (Å²) < 4.78 is 0. The first-order valence-electron chi connectivity index (χ1n) is 12.0. The van der Waals surface area contributed by atoms with Gasteiger partial charge in [0.05, 0.1) is 22.7 Å². The number of hydrogen-bond acceptors (Lipinski definition) is 2. The van der Waals surface area contributed by atoms with Crippen LogP contribution in [0.25, 0.3) is 65.6 Å². The quantitative estimate of drug-likeness (QED) is 0.192. The Morgan fingerprint density at radius 2 is 1.03 bits per heavy atom. The molecule has 7 aromatic rings. The van der Waals surface area contributed by atoms with E-state index in [2.05, 4.69) is 109 Å². The monoisotopic (exact) mass is 456 g/mol. The van der Waals surface area contributed by atoms with Crippen molar-refractivity contribution in [2.24, 2.45) is 0 Å². The highest BCUT2D eigenvalue weighted by Gasteiger charge is 2.16. The minimum absolute atomic E-state index is 0.663. The van der Waals surface area contributed by atoms with E-state index in [1.54, 1.807) is 0 Å². The Bertz CT molecular complexity index is 1920. The van der Waals surface area contributed by atoms with Crippen molar-refractivity contribution in [1.82, 2.24) is 4.98 Å². The average molecular weight is 457 g/mol. The first-order valence-corrected chi connectivity index (χ1v) is 12.0. The number of benzene rings is 6. The van der Waals surface area contributed by atoms with Crippen LogP contribution in [0, 0.1) is 11.3 Å². The maximum atomic E-state index is 9.39. The number of pyridine rings is 1. The summed E-state index contributed by atoms with van der Waals surface area (Å²) >= 11 is 0. The fraction of sp³-hybridized carbons (Fsp3) is 0. The lowest BCUT2D eigenvalue weighted by Gasteiger charge is -2.15. The number of fused-ring (bicyclic) bond motifs is 6. The molecular weight excluding hydrogens is 436 g/mol. The molecule has 0 aliphatic carbocycles. The van der Waals surface area contributed by atoms with Crippen molar-refractivity contribution in [1.29, 1.82) is 5.26 Å². The van der Waals surface area contributed by atoms with Gasteiger partial charge in [-0.25, -0.2) is 4.98 Å². The SMILES string of the molecule is N#Cc1cccc(-c2cccc(-c3c4ccc5ccccc5c4nc4c3ccc3ccccc34)c2)c1. The normalized spacial score (nSPS) is 11.3. The first-order chi connectivity index (χ1) is 17.8. The van der Waals surface area contributed by atoms with Gasteiger partial charge in [0.2, 0.25) is 0 Å². The van der Waals surface area contributed by atoms with Crippen LogP contribution in [0.1, 0.15) is 5.56 Å². The Hall–Kier alpha value is -5.00. The molecule has 0 saturated heterocycles. The highest BCUT2D eigenvalue weighted by Crippen LogP contribution is 2.40. The van der Waals surface area contributed by atoms with E-state index < -0.39 is 0 Å². The molecule has 0 N–H and O–H groups in total. The summed E-state index contributed by atoms with van der Waals surface area (Å²) in [4.78, 5) is 5.29. The summed E-state index contributed by atoms with van der Waals surface area (Å²) in [6.07, 6.45) is 0. The third-order valence-electron chi connectivity index (χ3n) is 7.04. The van der Waals surface area contributed by atoms with E-state index in [4.69, 9.17) is 4.98 Å². The Balaban J connectivity index is 1.61. The molecule has 1 aromatic heterocycles. The zero-order valence-electron chi connectivity index (χ0n) is 19.4. The number of nitrogens with zero attached hydrogens (tertiary/aromatic N) is 2. The van der Waals surface area contributed by atoms with Gasteiger partial charge in [0, 0.05) is 27.1 Å². The number of hydrogen-bond donors (Lipinski definition) is 0. The molecule has 6 aromatic carbocycles.